The van der Waals surface area contributed by atoms with E-state index in [2.05, 4.69) is 5.32 Å². The second kappa shape index (κ2) is 6.72. The van der Waals surface area contributed by atoms with Crippen LogP contribution in [0, 0.1) is 0 Å². The van der Waals surface area contributed by atoms with Crippen LogP contribution in [0.2, 0.25) is 5.02 Å². The number of carbonyl (C=O) groups is 2. The van der Waals surface area contributed by atoms with E-state index in [4.69, 9.17) is 11.6 Å². The SMILES string of the molecule is O=C(NCC(=O)N1CCC(O)CC1)c1cccc(Cl)c1. The minimum absolute atomic E-state index is 0.0402. The van der Waals surface area contributed by atoms with Crippen molar-refractivity contribution in [2.45, 2.75) is 18.9 Å². The van der Waals surface area contributed by atoms with Gasteiger partial charge >= 0.3 is 0 Å². The van der Waals surface area contributed by atoms with Crippen molar-refractivity contribution in [1.82, 2.24) is 10.2 Å². The van der Waals surface area contributed by atoms with E-state index < -0.39 is 0 Å². The predicted molar refractivity (Wildman–Crippen MR) is 75.6 cm³/mol. The molecule has 0 radical (unpaired) electrons. The molecule has 0 unspecified atom stereocenters. The molecule has 1 aromatic rings. The fourth-order valence-corrected chi connectivity index (χ4v) is 2.31. The number of piperidine rings is 1. The summed E-state index contributed by atoms with van der Waals surface area (Å²) < 4.78 is 0. The molecule has 2 N–H and O–H groups in total. The number of carbonyl (C=O) groups excluding carboxylic acids is 2. The summed E-state index contributed by atoms with van der Waals surface area (Å²) in [7, 11) is 0. The van der Waals surface area contributed by atoms with Crippen molar-refractivity contribution in [1.29, 1.82) is 0 Å². The number of aliphatic hydroxyl groups excluding tert-OH is 1. The molecular weight excluding hydrogens is 280 g/mol. The van der Waals surface area contributed by atoms with Crippen molar-refractivity contribution in [2.75, 3.05) is 19.6 Å². The molecule has 0 saturated carbocycles. The molecule has 5 nitrogen and oxygen atoms in total. The van der Waals surface area contributed by atoms with Crippen molar-refractivity contribution in [3.05, 3.63) is 34.9 Å². The van der Waals surface area contributed by atoms with Gasteiger partial charge in [0.1, 0.15) is 0 Å². The van der Waals surface area contributed by atoms with Gasteiger partial charge in [-0.1, -0.05) is 17.7 Å². The molecule has 1 saturated heterocycles. The van der Waals surface area contributed by atoms with Gasteiger partial charge in [-0.25, -0.2) is 0 Å². The highest BCUT2D eigenvalue weighted by molar-refractivity contribution is 6.30. The molecule has 0 aromatic heterocycles. The third kappa shape index (κ3) is 3.95. The lowest BCUT2D eigenvalue weighted by Gasteiger charge is -2.29. The van der Waals surface area contributed by atoms with Gasteiger partial charge in [0.05, 0.1) is 12.6 Å². The minimum Gasteiger partial charge on any atom is -0.393 e. The van der Waals surface area contributed by atoms with Gasteiger partial charge in [-0.2, -0.15) is 0 Å². The normalized spacial score (nSPS) is 16.0. The fourth-order valence-electron chi connectivity index (χ4n) is 2.11. The Labute approximate surface area is 122 Å². The van der Waals surface area contributed by atoms with Crippen LogP contribution in [0.15, 0.2) is 24.3 Å². The third-order valence-electron chi connectivity index (χ3n) is 3.30. The molecule has 0 bridgehead atoms. The van der Waals surface area contributed by atoms with Crippen LogP contribution in [-0.4, -0.2) is 47.6 Å². The topological polar surface area (TPSA) is 69.6 Å². The maximum Gasteiger partial charge on any atom is 0.251 e. The molecule has 1 aliphatic heterocycles. The van der Waals surface area contributed by atoms with E-state index >= 15 is 0 Å². The van der Waals surface area contributed by atoms with Crippen molar-refractivity contribution in [3.63, 3.8) is 0 Å². The molecule has 20 heavy (non-hydrogen) atoms. The van der Waals surface area contributed by atoms with Gasteiger partial charge in [-0.3, -0.25) is 9.59 Å². The first-order chi connectivity index (χ1) is 9.56. The molecule has 1 heterocycles. The third-order valence-corrected chi connectivity index (χ3v) is 3.54. The quantitative estimate of drug-likeness (QED) is 0.876. The average Bonchev–Trinajstić information content (AvgIpc) is 2.45. The Morgan fingerprint density at radius 3 is 2.70 bits per heavy atom. The Bertz CT molecular complexity index is 499. The molecule has 6 heteroatoms. The summed E-state index contributed by atoms with van der Waals surface area (Å²) >= 11 is 5.81. The summed E-state index contributed by atoms with van der Waals surface area (Å²) in [6.07, 6.45) is 0.863. The smallest absolute Gasteiger partial charge is 0.251 e. The Kier molecular flexibility index (Phi) is 4.98. The second-order valence-electron chi connectivity index (χ2n) is 4.80. The molecule has 108 valence electrons. The standard InChI is InChI=1S/C14H17ClN2O3/c15-11-3-1-2-10(8-11)14(20)16-9-13(19)17-6-4-12(18)5-7-17/h1-3,8,12,18H,4-7,9H2,(H,16,20). The van der Waals surface area contributed by atoms with Crippen molar-refractivity contribution in [3.8, 4) is 0 Å². The van der Waals surface area contributed by atoms with E-state index in [1.165, 1.54) is 0 Å². The predicted octanol–water partition coefficient (Wildman–Crippen LogP) is 1.05. The number of amides is 2. The maximum atomic E-state index is 11.9. The molecule has 0 aliphatic carbocycles. The summed E-state index contributed by atoms with van der Waals surface area (Å²) in [6.45, 7) is 1.03. The lowest BCUT2D eigenvalue weighted by molar-refractivity contribution is -0.132. The van der Waals surface area contributed by atoms with Gasteiger partial charge in [0.2, 0.25) is 5.91 Å². The zero-order valence-corrected chi connectivity index (χ0v) is 11.8. The van der Waals surface area contributed by atoms with Gasteiger partial charge < -0.3 is 15.3 Å². The van der Waals surface area contributed by atoms with Crippen LogP contribution in [0.1, 0.15) is 23.2 Å². The number of aliphatic hydroxyl groups is 1. The minimum atomic E-state index is -0.321. The van der Waals surface area contributed by atoms with Crippen molar-refractivity contribution in [2.24, 2.45) is 0 Å². The number of nitrogens with zero attached hydrogens (tertiary/aromatic N) is 1. The largest absolute Gasteiger partial charge is 0.393 e. The first-order valence-electron chi connectivity index (χ1n) is 6.56. The Morgan fingerprint density at radius 2 is 2.05 bits per heavy atom. The molecule has 1 fully saturated rings. The number of benzene rings is 1. The summed E-state index contributed by atoms with van der Waals surface area (Å²) in [6, 6.07) is 6.56. The number of nitrogens with one attached hydrogen (secondary N) is 1. The zero-order valence-electron chi connectivity index (χ0n) is 11.0. The molecule has 2 amide bonds. The lowest BCUT2D eigenvalue weighted by Crippen LogP contribution is -2.45. The molecule has 1 aromatic carbocycles. The molecule has 0 spiro atoms. The number of rotatable bonds is 3. The molecule has 0 atom stereocenters. The van der Waals surface area contributed by atoms with Gasteiger partial charge in [0.25, 0.3) is 5.91 Å². The first kappa shape index (κ1) is 14.8. The lowest BCUT2D eigenvalue weighted by atomic mass is 10.1. The van der Waals surface area contributed by atoms with Crippen LogP contribution in [0.5, 0.6) is 0 Å². The maximum absolute atomic E-state index is 11.9. The fraction of sp³-hybridized carbons (Fsp3) is 0.429. The number of halogens is 1. The highest BCUT2D eigenvalue weighted by Crippen LogP contribution is 2.11. The Balaban J connectivity index is 1.82. The van der Waals surface area contributed by atoms with Crippen molar-refractivity contribution >= 4 is 23.4 Å². The number of likely N-dealkylation sites (tertiary alicyclic amines) is 1. The van der Waals surface area contributed by atoms with Crippen LogP contribution >= 0.6 is 11.6 Å². The summed E-state index contributed by atoms with van der Waals surface area (Å²) in [5.74, 6) is -0.454. The first-order valence-corrected chi connectivity index (χ1v) is 6.93. The second-order valence-corrected chi connectivity index (χ2v) is 5.24. The molecule has 2 rings (SSSR count). The van der Waals surface area contributed by atoms with Crippen molar-refractivity contribution < 1.29 is 14.7 Å². The molecular formula is C14H17ClN2O3. The van der Waals surface area contributed by atoms with Crippen LogP contribution in [0.4, 0.5) is 0 Å². The summed E-state index contributed by atoms with van der Waals surface area (Å²) in [5, 5.41) is 12.4. The van der Waals surface area contributed by atoms with Gasteiger partial charge in [0, 0.05) is 23.7 Å². The number of hydrogen-bond acceptors (Lipinski definition) is 3. The monoisotopic (exact) mass is 296 g/mol. The summed E-state index contributed by atoms with van der Waals surface area (Å²) in [4.78, 5) is 25.4. The van der Waals surface area contributed by atoms with Crippen LogP contribution in [0.3, 0.4) is 0 Å². The Hall–Kier alpha value is -1.59. The van der Waals surface area contributed by atoms with Gasteiger partial charge in [-0.05, 0) is 31.0 Å². The average molecular weight is 297 g/mol. The van der Waals surface area contributed by atoms with Gasteiger partial charge in [-0.15, -0.1) is 0 Å². The highest BCUT2D eigenvalue weighted by Gasteiger charge is 2.21. The van der Waals surface area contributed by atoms with E-state index in [1.54, 1.807) is 29.2 Å². The van der Waals surface area contributed by atoms with E-state index in [1.807, 2.05) is 0 Å². The van der Waals surface area contributed by atoms with Crippen LogP contribution in [-0.2, 0) is 4.79 Å². The van der Waals surface area contributed by atoms with E-state index in [-0.39, 0.29) is 24.5 Å². The summed E-state index contributed by atoms with van der Waals surface area (Å²) in [5.41, 5.74) is 0.430. The molecule has 1 aliphatic rings. The van der Waals surface area contributed by atoms with E-state index in [9.17, 15) is 14.7 Å². The zero-order chi connectivity index (χ0) is 14.5. The van der Waals surface area contributed by atoms with E-state index in [0.717, 1.165) is 0 Å². The number of hydrogen-bond donors (Lipinski definition) is 2. The van der Waals surface area contributed by atoms with Gasteiger partial charge in [0.15, 0.2) is 0 Å². The van der Waals surface area contributed by atoms with E-state index in [0.29, 0.717) is 36.5 Å². The highest BCUT2D eigenvalue weighted by atomic mass is 35.5. The van der Waals surface area contributed by atoms with Crippen LogP contribution < -0.4 is 5.32 Å². The van der Waals surface area contributed by atoms with Crippen LogP contribution in [0.25, 0.3) is 0 Å². The Morgan fingerprint density at radius 1 is 1.35 bits per heavy atom.